The van der Waals surface area contributed by atoms with Crippen LogP contribution in [0.4, 0.5) is 0 Å². The van der Waals surface area contributed by atoms with Crippen LogP contribution in [0.1, 0.15) is 17.7 Å². The van der Waals surface area contributed by atoms with E-state index in [0.29, 0.717) is 27.3 Å². The molecule has 4 nitrogen and oxygen atoms in total. The summed E-state index contributed by atoms with van der Waals surface area (Å²) in [5, 5.41) is 6.39. The van der Waals surface area contributed by atoms with Gasteiger partial charge in [0.05, 0.1) is 10.6 Å². The number of halogens is 2. The molecule has 2 aromatic carbocycles. The van der Waals surface area contributed by atoms with E-state index in [1.165, 1.54) is 16.6 Å². The molecule has 1 radical (unpaired) electrons. The fourth-order valence-corrected chi connectivity index (χ4v) is 3.81. The largest absolute Gasteiger partial charge is 0.358 e. The average Bonchev–Trinajstić information content (AvgIpc) is 3.30. The molecule has 0 amide bonds. The van der Waals surface area contributed by atoms with E-state index in [1.807, 2.05) is 6.07 Å². The van der Waals surface area contributed by atoms with Gasteiger partial charge in [0, 0.05) is 33.6 Å². The highest BCUT2D eigenvalue weighted by Gasteiger charge is 2.19. The van der Waals surface area contributed by atoms with E-state index < -0.39 is 0 Å². The van der Waals surface area contributed by atoms with Gasteiger partial charge in [-0.3, -0.25) is 0 Å². The van der Waals surface area contributed by atoms with Gasteiger partial charge in [-0.2, -0.15) is 4.98 Å². The lowest BCUT2D eigenvalue weighted by atomic mass is 10.1. The summed E-state index contributed by atoms with van der Waals surface area (Å²) < 4.78 is 5.41. The molecule has 0 spiro atoms. The number of nitrogens with one attached hydrogen (secondary N) is 1. The van der Waals surface area contributed by atoms with Crippen molar-refractivity contribution in [2.75, 3.05) is 0 Å². The van der Waals surface area contributed by atoms with Crippen molar-refractivity contribution in [3.63, 3.8) is 0 Å². The molecule has 0 saturated heterocycles. The van der Waals surface area contributed by atoms with Crippen LogP contribution in [0.3, 0.4) is 0 Å². The van der Waals surface area contributed by atoms with Crippen LogP contribution in [0.15, 0.2) is 40.9 Å². The molecule has 5 rings (SSSR count). The van der Waals surface area contributed by atoms with E-state index in [-0.39, 0.29) is 0 Å². The summed E-state index contributed by atoms with van der Waals surface area (Å²) in [7, 11) is 0. The lowest BCUT2D eigenvalue weighted by molar-refractivity contribution is 0.432. The maximum Gasteiger partial charge on any atom is 0.259 e. The van der Waals surface area contributed by atoms with Crippen molar-refractivity contribution in [2.24, 2.45) is 0 Å². The first kappa shape index (κ1) is 15.0. The number of hydrogen-bond donors (Lipinski definition) is 1. The molecule has 4 aromatic rings. The molecule has 1 N–H and O–H groups in total. The van der Waals surface area contributed by atoms with Crippen molar-refractivity contribution in [3.05, 3.63) is 64.1 Å². The van der Waals surface area contributed by atoms with Crippen molar-refractivity contribution < 1.29 is 4.52 Å². The van der Waals surface area contributed by atoms with Crippen molar-refractivity contribution in [1.82, 2.24) is 15.1 Å². The fraction of sp³-hybridized carbons (Fsp3) is 0.105. The Morgan fingerprint density at radius 1 is 1.08 bits per heavy atom. The summed E-state index contributed by atoms with van der Waals surface area (Å²) in [5.74, 6) is 0.921. The number of H-pyrrole nitrogens is 1. The van der Waals surface area contributed by atoms with Gasteiger partial charge >= 0.3 is 0 Å². The molecule has 0 aliphatic heterocycles. The predicted octanol–water partition coefficient (Wildman–Crippen LogP) is 5.69. The minimum absolute atomic E-state index is 0.379. The molecule has 6 heteroatoms. The van der Waals surface area contributed by atoms with E-state index in [1.54, 1.807) is 18.2 Å². The Hall–Kier alpha value is -2.30. The molecule has 0 bridgehead atoms. The zero-order chi connectivity index (χ0) is 17.0. The molecule has 123 valence electrons. The summed E-state index contributed by atoms with van der Waals surface area (Å²) in [4.78, 5) is 7.95. The van der Waals surface area contributed by atoms with E-state index >= 15 is 0 Å². The second-order valence-corrected chi connectivity index (χ2v) is 6.91. The molecule has 0 fully saturated rings. The van der Waals surface area contributed by atoms with E-state index in [0.717, 1.165) is 23.9 Å². The van der Waals surface area contributed by atoms with Gasteiger partial charge in [0.1, 0.15) is 0 Å². The Labute approximate surface area is 153 Å². The standard InChI is InChI=1S/C19H12Cl2N3O/c20-11-5-6-13(15(21)9-11)19-23-18(24-25-19)10-4-7-17-14(8-10)12-2-1-3-16(12)22-17/h3-9,22H,1-2H2. The number of nitrogens with zero attached hydrogens (tertiary/aromatic N) is 2. The average molecular weight is 369 g/mol. The number of fused-ring (bicyclic) bond motifs is 3. The second kappa shape index (κ2) is 5.61. The third kappa shape index (κ3) is 2.44. The van der Waals surface area contributed by atoms with Crippen LogP contribution in [0.2, 0.25) is 10.0 Å². The molecule has 0 saturated carbocycles. The minimum atomic E-state index is 0.379. The maximum atomic E-state index is 6.23. The maximum absolute atomic E-state index is 6.23. The number of aromatic nitrogens is 3. The first-order chi connectivity index (χ1) is 12.2. The first-order valence-electron chi connectivity index (χ1n) is 7.96. The van der Waals surface area contributed by atoms with E-state index in [4.69, 9.17) is 27.7 Å². The van der Waals surface area contributed by atoms with Crippen LogP contribution in [0.5, 0.6) is 0 Å². The molecule has 1 aliphatic rings. The third-order valence-electron chi connectivity index (χ3n) is 4.53. The number of aryl methyl sites for hydroxylation is 1. The number of rotatable bonds is 2. The quantitative estimate of drug-likeness (QED) is 0.494. The van der Waals surface area contributed by atoms with Gasteiger partial charge < -0.3 is 9.51 Å². The zero-order valence-electron chi connectivity index (χ0n) is 13.0. The smallest absolute Gasteiger partial charge is 0.259 e. The van der Waals surface area contributed by atoms with Gasteiger partial charge in [0.2, 0.25) is 5.82 Å². The Morgan fingerprint density at radius 3 is 2.88 bits per heavy atom. The van der Waals surface area contributed by atoms with Crippen LogP contribution in [0, 0.1) is 6.42 Å². The van der Waals surface area contributed by atoms with Crippen molar-refractivity contribution in [2.45, 2.75) is 12.8 Å². The van der Waals surface area contributed by atoms with Gasteiger partial charge in [-0.25, -0.2) is 0 Å². The number of hydrogen-bond acceptors (Lipinski definition) is 3. The summed E-state index contributed by atoms with van der Waals surface area (Å²) in [6.45, 7) is 0. The fourth-order valence-electron chi connectivity index (χ4n) is 3.33. The van der Waals surface area contributed by atoms with Gasteiger partial charge in [0.25, 0.3) is 5.89 Å². The molecule has 1 aliphatic carbocycles. The number of benzene rings is 2. The summed E-state index contributed by atoms with van der Waals surface area (Å²) in [6, 6.07) is 11.3. The van der Waals surface area contributed by atoms with Crippen LogP contribution >= 0.6 is 23.2 Å². The Bertz CT molecular complexity index is 1110. The Balaban J connectivity index is 1.58. The SMILES string of the molecule is Clc1ccc(-c2nc(-c3ccc4[nH]c5c(c4c3)CC[CH]5)no2)c(Cl)c1. The van der Waals surface area contributed by atoms with Crippen molar-refractivity contribution in [3.8, 4) is 22.8 Å². The van der Waals surface area contributed by atoms with Crippen LogP contribution in [-0.2, 0) is 6.42 Å². The number of aromatic amines is 1. The van der Waals surface area contributed by atoms with E-state index in [9.17, 15) is 0 Å². The first-order valence-corrected chi connectivity index (χ1v) is 8.72. The van der Waals surface area contributed by atoms with Crippen molar-refractivity contribution in [1.29, 1.82) is 0 Å². The lowest BCUT2D eigenvalue weighted by Crippen LogP contribution is -1.83. The minimum Gasteiger partial charge on any atom is -0.358 e. The third-order valence-corrected chi connectivity index (χ3v) is 5.08. The monoisotopic (exact) mass is 368 g/mol. The van der Waals surface area contributed by atoms with Crippen LogP contribution < -0.4 is 0 Å². The summed E-state index contributed by atoms with van der Waals surface area (Å²) >= 11 is 12.2. The second-order valence-electron chi connectivity index (χ2n) is 6.07. The highest BCUT2D eigenvalue weighted by atomic mass is 35.5. The van der Waals surface area contributed by atoms with Gasteiger partial charge in [-0.15, -0.1) is 0 Å². The molecule has 2 heterocycles. The summed E-state index contributed by atoms with van der Waals surface area (Å²) in [5.41, 5.74) is 5.31. The molecule has 2 aromatic heterocycles. The van der Waals surface area contributed by atoms with Gasteiger partial charge in [-0.05, 0) is 54.8 Å². The normalized spacial score (nSPS) is 13.5. The highest BCUT2D eigenvalue weighted by Crippen LogP contribution is 2.34. The van der Waals surface area contributed by atoms with E-state index in [2.05, 4.69) is 33.7 Å². The van der Waals surface area contributed by atoms with Crippen LogP contribution in [0.25, 0.3) is 33.7 Å². The lowest BCUT2D eigenvalue weighted by Gasteiger charge is -1.99. The molecule has 0 unspecified atom stereocenters. The highest BCUT2D eigenvalue weighted by molar-refractivity contribution is 6.36. The Morgan fingerprint density at radius 2 is 2.00 bits per heavy atom. The molecular weight excluding hydrogens is 357 g/mol. The summed E-state index contributed by atoms with van der Waals surface area (Å²) in [6.07, 6.45) is 4.39. The van der Waals surface area contributed by atoms with Gasteiger partial charge in [0.15, 0.2) is 0 Å². The molecule has 0 atom stereocenters. The van der Waals surface area contributed by atoms with Gasteiger partial charge in [-0.1, -0.05) is 28.4 Å². The van der Waals surface area contributed by atoms with Crippen LogP contribution in [-0.4, -0.2) is 15.1 Å². The topological polar surface area (TPSA) is 54.7 Å². The Kier molecular flexibility index (Phi) is 3.37. The molecule has 25 heavy (non-hydrogen) atoms. The predicted molar refractivity (Wildman–Crippen MR) is 98.8 cm³/mol. The molecular formula is C19H12Cl2N3O. The van der Waals surface area contributed by atoms with Crippen molar-refractivity contribution >= 4 is 34.1 Å². The zero-order valence-corrected chi connectivity index (χ0v) is 14.5.